The van der Waals surface area contributed by atoms with Crippen LogP contribution in [0.5, 0.6) is 0 Å². The van der Waals surface area contributed by atoms with Crippen LogP contribution in [-0.2, 0) is 11.0 Å². The molecule has 0 saturated carbocycles. The summed E-state index contributed by atoms with van der Waals surface area (Å²) >= 11 is 0. The van der Waals surface area contributed by atoms with Gasteiger partial charge in [-0.05, 0) is 25.0 Å². The summed E-state index contributed by atoms with van der Waals surface area (Å²) in [4.78, 5) is 27.3. The number of nitrogens with zero attached hydrogens (tertiary/aromatic N) is 5. The first-order chi connectivity index (χ1) is 15.9. The molecule has 4 heterocycles. The number of nitrogens with one attached hydrogen (secondary N) is 1. The molecule has 2 aliphatic rings. The quantitative estimate of drug-likeness (QED) is 0.616. The number of likely N-dealkylation sites (tertiary alicyclic amines) is 1. The zero-order valence-electron chi connectivity index (χ0n) is 18.1. The Bertz CT molecular complexity index is 1060. The summed E-state index contributed by atoms with van der Waals surface area (Å²) in [7, 11) is 0. The number of anilines is 3. The van der Waals surface area contributed by atoms with Crippen molar-refractivity contribution in [3.8, 4) is 0 Å². The van der Waals surface area contributed by atoms with Crippen molar-refractivity contribution in [2.75, 3.05) is 36.4 Å². The number of hydrogen-bond donors (Lipinski definition) is 1. The van der Waals surface area contributed by atoms with Gasteiger partial charge in [-0.1, -0.05) is 6.92 Å². The zero-order chi connectivity index (χ0) is 24.7. The second-order valence-corrected chi connectivity index (χ2v) is 8.39. The Kier molecular flexibility index (Phi) is 6.30. The van der Waals surface area contributed by atoms with Crippen LogP contribution < -0.4 is 10.2 Å². The van der Waals surface area contributed by atoms with Crippen molar-refractivity contribution in [2.24, 2.45) is 0 Å². The molecule has 13 heteroatoms. The SMILES string of the molecule is CCC(F)C(=O)N1CCC(c2cc(Nc3cc(C(F)(F)F)ccn3)nc(N3CC(F)(F)C3)n2)C1. The molecule has 2 aliphatic heterocycles. The van der Waals surface area contributed by atoms with Gasteiger partial charge in [0.05, 0.1) is 24.3 Å². The van der Waals surface area contributed by atoms with Crippen LogP contribution in [0, 0.1) is 0 Å². The Labute approximate surface area is 191 Å². The van der Waals surface area contributed by atoms with E-state index < -0.39 is 42.8 Å². The Morgan fingerprint density at radius 3 is 2.62 bits per heavy atom. The van der Waals surface area contributed by atoms with Crippen molar-refractivity contribution >= 4 is 23.5 Å². The molecule has 2 aromatic rings. The summed E-state index contributed by atoms with van der Waals surface area (Å²) < 4.78 is 79.8. The van der Waals surface area contributed by atoms with E-state index in [1.54, 1.807) is 6.92 Å². The molecule has 34 heavy (non-hydrogen) atoms. The maximum Gasteiger partial charge on any atom is 0.416 e. The molecule has 1 N–H and O–H groups in total. The first kappa shape index (κ1) is 24.0. The lowest BCUT2D eigenvalue weighted by Gasteiger charge is -2.38. The minimum atomic E-state index is -4.57. The van der Waals surface area contributed by atoms with Crippen molar-refractivity contribution in [3.05, 3.63) is 35.7 Å². The molecule has 2 fully saturated rings. The van der Waals surface area contributed by atoms with Crippen LogP contribution in [0.1, 0.15) is 36.9 Å². The third-order valence-corrected chi connectivity index (χ3v) is 5.75. The summed E-state index contributed by atoms with van der Waals surface area (Å²) in [6.45, 7) is 0.881. The lowest BCUT2D eigenvalue weighted by Crippen LogP contribution is -2.57. The van der Waals surface area contributed by atoms with Crippen molar-refractivity contribution < 1.29 is 31.1 Å². The molecule has 2 saturated heterocycles. The second kappa shape index (κ2) is 8.91. The lowest BCUT2D eigenvalue weighted by atomic mass is 10.0. The first-order valence-electron chi connectivity index (χ1n) is 10.7. The largest absolute Gasteiger partial charge is 0.416 e. The van der Waals surface area contributed by atoms with Gasteiger partial charge in [-0.15, -0.1) is 0 Å². The molecule has 0 bridgehead atoms. The fourth-order valence-electron chi connectivity index (χ4n) is 3.90. The van der Waals surface area contributed by atoms with Crippen molar-refractivity contribution in [1.29, 1.82) is 0 Å². The molecule has 2 aromatic heterocycles. The van der Waals surface area contributed by atoms with Crippen LogP contribution in [0.25, 0.3) is 0 Å². The standard InChI is InChI=1S/C21H22F6N6O/c1-2-14(22)18(34)32-6-4-12(9-32)15-8-17(31-19(29-15)33-10-20(23,24)11-33)30-16-7-13(3-5-28-16)21(25,26)27/h3,5,7-8,12,14H,2,4,6,9-11H2,1H3,(H,28,29,30,31). The number of halogens is 6. The number of carbonyl (C=O) groups is 1. The average molecular weight is 488 g/mol. The van der Waals surface area contributed by atoms with E-state index in [4.69, 9.17) is 0 Å². The lowest BCUT2D eigenvalue weighted by molar-refractivity contribution is -0.137. The normalized spacial score (nSPS) is 20.7. The Morgan fingerprint density at radius 1 is 1.24 bits per heavy atom. The number of hydrogen-bond acceptors (Lipinski definition) is 6. The number of pyridine rings is 1. The summed E-state index contributed by atoms with van der Waals surface area (Å²) in [6, 6.07) is 3.11. The second-order valence-electron chi connectivity index (χ2n) is 8.39. The van der Waals surface area contributed by atoms with Gasteiger partial charge >= 0.3 is 6.18 Å². The maximum atomic E-state index is 13.8. The molecule has 2 atom stereocenters. The minimum absolute atomic E-state index is 0.0143. The number of aromatic nitrogens is 3. The van der Waals surface area contributed by atoms with E-state index in [9.17, 15) is 31.1 Å². The monoisotopic (exact) mass is 488 g/mol. The van der Waals surface area contributed by atoms with Crippen LogP contribution in [0.2, 0.25) is 0 Å². The Morgan fingerprint density at radius 2 is 1.97 bits per heavy atom. The van der Waals surface area contributed by atoms with Gasteiger partial charge in [0.15, 0.2) is 6.17 Å². The van der Waals surface area contributed by atoms with E-state index in [1.807, 2.05) is 0 Å². The van der Waals surface area contributed by atoms with Gasteiger partial charge in [-0.3, -0.25) is 4.79 Å². The predicted molar refractivity (Wildman–Crippen MR) is 111 cm³/mol. The highest BCUT2D eigenvalue weighted by atomic mass is 19.4. The highest BCUT2D eigenvalue weighted by Crippen LogP contribution is 2.35. The molecular weight excluding hydrogens is 466 g/mol. The van der Waals surface area contributed by atoms with E-state index in [0.29, 0.717) is 18.7 Å². The molecule has 184 valence electrons. The van der Waals surface area contributed by atoms with Gasteiger partial charge in [-0.2, -0.15) is 18.2 Å². The molecule has 0 aromatic carbocycles. The smallest absolute Gasteiger partial charge is 0.339 e. The Balaban J connectivity index is 1.60. The predicted octanol–water partition coefficient (Wildman–Crippen LogP) is 4.15. The van der Waals surface area contributed by atoms with E-state index in [-0.39, 0.29) is 36.5 Å². The van der Waals surface area contributed by atoms with E-state index in [2.05, 4.69) is 20.3 Å². The van der Waals surface area contributed by atoms with Gasteiger partial charge in [0.25, 0.3) is 11.8 Å². The topological polar surface area (TPSA) is 74.2 Å². The summed E-state index contributed by atoms with van der Waals surface area (Å²) in [6.07, 6.45) is -4.66. The molecule has 2 unspecified atom stereocenters. The average Bonchev–Trinajstić information content (AvgIpc) is 3.26. The molecule has 7 nitrogen and oxygen atoms in total. The van der Waals surface area contributed by atoms with E-state index in [0.717, 1.165) is 18.3 Å². The molecule has 4 rings (SSSR count). The van der Waals surface area contributed by atoms with Crippen LogP contribution in [0.4, 0.5) is 43.9 Å². The van der Waals surface area contributed by atoms with E-state index >= 15 is 0 Å². The number of amides is 1. The Hall–Kier alpha value is -3.12. The number of rotatable bonds is 6. The first-order valence-corrected chi connectivity index (χ1v) is 10.7. The van der Waals surface area contributed by atoms with Crippen LogP contribution in [0.3, 0.4) is 0 Å². The highest BCUT2D eigenvalue weighted by Gasteiger charge is 2.45. The third kappa shape index (κ3) is 5.17. The fraction of sp³-hybridized carbons (Fsp3) is 0.524. The number of alkyl halides is 6. The fourth-order valence-corrected chi connectivity index (χ4v) is 3.90. The highest BCUT2D eigenvalue weighted by molar-refractivity contribution is 5.81. The van der Waals surface area contributed by atoms with Gasteiger partial charge in [0.2, 0.25) is 5.95 Å². The molecule has 1 amide bonds. The van der Waals surface area contributed by atoms with Crippen LogP contribution in [0.15, 0.2) is 24.4 Å². The van der Waals surface area contributed by atoms with Crippen LogP contribution >= 0.6 is 0 Å². The van der Waals surface area contributed by atoms with Crippen molar-refractivity contribution in [3.63, 3.8) is 0 Å². The number of carbonyl (C=O) groups excluding carboxylic acids is 1. The van der Waals surface area contributed by atoms with Crippen molar-refractivity contribution in [1.82, 2.24) is 19.9 Å². The summed E-state index contributed by atoms with van der Waals surface area (Å²) in [5.41, 5.74) is -0.500. The van der Waals surface area contributed by atoms with Gasteiger partial charge in [0.1, 0.15) is 11.6 Å². The molecule has 0 aliphatic carbocycles. The van der Waals surface area contributed by atoms with Crippen LogP contribution in [-0.4, -0.2) is 64.0 Å². The molecule has 0 radical (unpaired) electrons. The van der Waals surface area contributed by atoms with Gasteiger partial charge < -0.3 is 15.1 Å². The van der Waals surface area contributed by atoms with Gasteiger partial charge in [-0.25, -0.2) is 23.1 Å². The van der Waals surface area contributed by atoms with Gasteiger partial charge in [0, 0.05) is 31.3 Å². The maximum absolute atomic E-state index is 13.8. The third-order valence-electron chi connectivity index (χ3n) is 5.75. The van der Waals surface area contributed by atoms with Crippen molar-refractivity contribution in [2.45, 2.75) is 44.0 Å². The van der Waals surface area contributed by atoms with E-state index in [1.165, 1.54) is 15.9 Å². The zero-order valence-corrected chi connectivity index (χ0v) is 18.1. The summed E-state index contributed by atoms with van der Waals surface area (Å²) in [5.74, 6) is -3.89. The molecule has 0 spiro atoms. The summed E-state index contributed by atoms with van der Waals surface area (Å²) in [5, 5.41) is 2.69. The molecular formula is C21H22F6N6O. The minimum Gasteiger partial charge on any atom is -0.339 e.